The molecular formula is C11H17N3O3S2. The van der Waals surface area contributed by atoms with Crippen LogP contribution in [0.2, 0.25) is 0 Å². The predicted molar refractivity (Wildman–Crippen MR) is 74.9 cm³/mol. The molecule has 8 heteroatoms. The molecule has 0 bridgehead atoms. The van der Waals surface area contributed by atoms with Crippen LogP contribution in [-0.2, 0) is 10.0 Å². The van der Waals surface area contributed by atoms with Crippen LogP contribution in [0.1, 0.15) is 9.67 Å². The molecule has 0 unspecified atom stereocenters. The fourth-order valence-electron chi connectivity index (χ4n) is 1.84. The minimum atomic E-state index is -3.27. The van der Waals surface area contributed by atoms with Gasteiger partial charge in [-0.25, -0.2) is 8.42 Å². The third-order valence-electron chi connectivity index (χ3n) is 2.86. The molecule has 1 amide bonds. The molecule has 1 aliphatic rings. The molecule has 2 heterocycles. The molecule has 1 aromatic rings. The van der Waals surface area contributed by atoms with Crippen molar-refractivity contribution >= 4 is 27.3 Å². The van der Waals surface area contributed by atoms with Crippen molar-refractivity contribution in [3.05, 3.63) is 22.4 Å². The topological polar surface area (TPSA) is 78.5 Å². The maximum Gasteiger partial charge on any atom is 0.261 e. The lowest BCUT2D eigenvalue weighted by molar-refractivity contribution is 0.0960. The van der Waals surface area contributed by atoms with Gasteiger partial charge in [-0.3, -0.25) is 4.79 Å². The summed E-state index contributed by atoms with van der Waals surface area (Å²) in [6.07, 6.45) is 0. The molecule has 1 aromatic heterocycles. The summed E-state index contributed by atoms with van der Waals surface area (Å²) in [7, 11) is -3.27. The minimum absolute atomic E-state index is 0.0515. The third kappa shape index (κ3) is 4.00. The largest absolute Gasteiger partial charge is 0.350 e. The van der Waals surface area contributed by atoms with Crippen LogP contribution < -0.4 is 10.6 Å². The normalized spacial score (nSPS) is 17.3. The number of rotatable bonds is 5. The highest BCUT2D eigenvalue weighted by atomic mass is 32.2. The van der Waals surface area contributed by atoms with E-state index in [2.05, 4.69) is 10.6 Å². The number of sulfonamides is 1. The molecule has 6 nitrogen and oxygen atoms in total. The van der Waals surface area contributed by atoms with Crippen LogP contribution in [0.15, 0.2) is 17.5 Å². The van der Waals surface area contributed by atoms with Gasteiger partial charge in [0.2, 0.25) is 10.0 Å². The Labute approximate surface area is 116 Å². The summed E-state index contributed by atoms with van der Waals surface area (Å²) in [5, 5.41) is 7.55. The summed E-state index contributed by atoms with van der Waals surface area (Å²) in [5.41, 5.74) is 0. The molecule has 106 valence electrons. The average Bonchev–Trinajstić information content (AvgIpc) is 2.93. The van der Waals surface area contributed by atoms with E-state index in [0.717, 1.165) is 0 Å². The number of hydrogen-bond donors (Lipinski definition) is 2. The number of thiophene rings is 1. The van der Waals surface area contributed by atoms with Gasteiger partial charge in [0.25, 0.3) is 5.91 Å². The van der Waals surface area contributed by atoms with E-state index in [9.17, 15) is 13.2 Å². The monoisotopic (exact) mass is 303 g/mol. The summed E-state index contributed by atoms with van der Waals surface area (Å²) in [6.45, 7) is 2.51. The molecule has 0 atom stereocenters. The Morgan fingerprint density at radius 3 is 2.79 bits per heavy atom. The molecule has 1 fully saturated rings. The van der Waals surface area contributed by atoms with E-state index in [4.69, 9.17) is 0 Å². The Bertz CT molecular complexity index is 507. The first kappa shape index (κ1) is 14.4. The summed E-state index contributed by atoms with van der Waals surface area (Å²) in [6, 6.07) is 3.50. The molecule has 0 radical (unpaired) electrons. The fraction of sp³-hybridized carbons (Fsp3) is 0.545. The van der Waals surface area contributed by atoms with Gasteiger partial charge in [0.05, 0.1) is 10.6 Å². The highest BCUT2D eigenvalue weighted by Gasteiger charge is 2.23. The predicted octanol–water partition coefficient (Wildman–Crippen LogP) is -0.287. The van der Waals surface area contributed by atoms with Gasteiger partial charge in [-0.2, -0.15) is 4.31 Å². The summed E-state index contributed by atoms with van der Waals surface area (Å²) >= 11 is 1.34. The van der Waals surface area contributed by atoms with E-state index in [0.29, 0.717) is 31.1 Å². The molecular weight excluding hydrogens is 286 g/mol. The van der Waals surface area contributed by atoms with E-state index < -0.39 is 10.0 Å². The second-order valence-electron chi connectivity index (χ2n) is 4.20. The zero-order valence-electron chi connectivity index (χ0n) is 10.5. The van der Waals surface area contributed by atoms with Crippen LogP contribution in [0, 0.1) is 0 Å². The van der Waals surface area contributed by atoms with Gasteiger partial charge in [-0.1, -0.05) is 6.07 Å². The maximum absolute atomic E-state index is 12.0. The first-order valence-electron chi connectivity index (χ1n) is 6.10. The van der Waals surface area contributed by atoms with Crippen LogP contribution in [0.5, 0.6) is 0 Å². The number of piperazine rings is 1. The number of hydrogen-bond acceptors (Lipinski definition) is 5. The Kier molecular flexibility index (Phi) is 4.92. The van der Waals surface area contributed by atoms with Crippen LogP contribution in [-0.4, -0.2) is 57.1 Å². The van der Waals surface area contributed by atoms with Gasteiger partial charge in [-0.05, 0) is 11.4 Å². The van der Waals surface area contributed by atoms with Gasteiger partial charge in [0, 0.05) is 32.7 Å². The van der Waals surface area contributed by atoms with E-state index in [1.54, 1.807) is 12.1 Å². The van der Waals surface area contributed by atoms with Gasteiger partial charge >= 0.3 is 0 Å². The first-order chi connectivity index (χ1) is 9.09. The van der Waals surface area contributed by atoms with Crippen molar-refractivity contribution in [3.63, 3.8) is 0 Å². The Balaban J connectivity index is 1.80. The SMILES string of the molecule is O=C(NCCS(=O)(=O)N1CCNCC1)c1cccs1. The molecule has 2 N–H and O–H groups in total. The summed E-state index contributed by atoms with van der Waals surface area (Å²) < 4.78 is 25.5. The fourth-order valence-corrected chi connectivity index (χ4v) is 3.84. The molecule has 0 aliphatic carbocycles. The zero-order chi connectivity index (χ0) is 13.7. The molecule has 0 spiro atoms. The lowest BCUT2D eigenvalue weighted by atomic mass is 10.4. The Morgan fingerprint density at radius 2 is 2.16 bits per heavy atom. The van der Waals surface area contributed by atoms with Crippen molar-refractivity contribution in [2.45, 2.75) is 0 Å². The van der Waals surface area contributed by atoms with Crippen LogP contribution in [0.3, 0.4) is 0 Å². The molecule has 2 rings (SSSR count). The number of carbonyl (C=O) groups excluding carboxylic acids is 1. The maximum atomic E-state index is 12.0. The highest BCUT2D eigenvalue weighted by molar-refractivity contribution is 7.89. The number of amides is 1. The van der Waals surface area contributed by atoms with Crippen molar-refractivity contribution in [2.75, 3.05) is 38.5 Å². The van der Waals surface area contributed by atoms with Crippen LogP contribution >= 0.6 is 11.3 Å². The van der Waals surface area contributed by atoms with E-state index in [-0.39, 0.29) is 18.2 Å². The van der Waals surface area contributed by atoms with Crippen molar-refractivity contribution in [2.24, 2.45) is 0 Å². The van der Waals surface area contributed by atoms with Crippen molar-refractivity contribution < 1.29 is 13.2 Å². The quantitative estimate of drug-likeness (QED) is 0.784. The number of nitrogens with one attached hydrogen (secondary N) is 2. The van der Waals surface area contributed by atoms with Gasteiger partial charge in [-0.15, -0.1) is 11.3 Å². The molecule has 0 saturated carbocycles. The van der Waals surface area contributed by atoms with Gasteiger partial charge in [0.1, 0.15) is 0 Å². The van der Waals surface area contributed by atoms with Crippen molar-refractivity contribution in [1.29, 1.82) is 0 Å². The lowest BCUT2D eigenvalue weighted by Gasteiger charge is -2.26. The van der Waals surface area contributed by atoms with Crippen molar-refractivity contribution in [3.8, 4) is 0 Å². The van der Waals surface area contributed by atoms with Gasteiger partial charge < -0.3 is 10.6 Å². The standard InChI is InChI=1S/C11H17N3O3S2/c15-11(10-2-1-8-18-10)13-5-9-19(16,17)14-6-3-12-4-7-14/h1-2,8,12H,3-7,9H2,(H,13,15). The smallest absolute Gasteiger partial charge is 0.261 e. The zero-order valence-corrected chi connectivity index (χ0v) is 12.1. The summed E-state index contributed by atoms with van der Waals surface area (Å²) in [5.74, 6) is -0.269. The molecule has 19 heavy (non-hydrogen) atoms. The molecule has 0 aromatic carbocycles. The van der Waals surface area contributed by atoms with Crippen LogP contribution in [0.4, 0.5) is 0 Å². The van der Waals surface area contributed by atoms with Crippen LogP contribution in [0.25, 0.3) is 0 Å². The number of carbonyl (C=O) groups is 1. The summed E-state index contributed by atoms with van der Waals surface area (Å²) in [4.78, 5) is 12.2. The Hall–Kier alpha value is -0.960. The van der Waals surface area contributed by atoms with E-state index >= 15 is 0 Å². The second kappa shape index (κ2) is 6.47. The highest BCUT2D eigenvalue weighted by Crippen LogP contribution is 2.08. The van der Waals surface area contributed by atoms with Gasteiger partial charge in [0.15, 0.2) is 0 Å². The molecule has 1 aliphatic heterocycles. The molecule has 1 saturated heterocycles. The lowest BCUT2D eigenvalue weighted by Crippen LogP contribution is -2.48. The van der Waals surface area contributed by atoms with E-state index in [1.807, 2.05) is 5.38 Å². The Morgan fingerprint density at radius 1 is 1.42 bits per heavy atom. The van der Waals surface area contributed by atoms with E-state index in [1.165, 1.54) is 15.6 Å². The third-order valence-corrected chi connectivity index (χ3v) is 5.60. The minimum Gasteiger partial charge on any atom is -0.350 e. The number of nitrogens with zero attached hydrogens (tertiary/aromatic N) is 1. The average molecular weight is 303 g/mol. The van der Waals surface area contributed by atoms with Crippen molar-refractivity contribution in [1.82, 2.24) is 14.9 Å². The second-order valence-corrected chi connectivity index (χ2v) is 7.23. The first-order valence-corrected chi connectivity index (χ1v) is 8.59.